The predicted octanol–water partition coefficient (Wildman–Crippen LogP) is 3.58. The van der Waals surface area contributed by atoms with Crippen molar-refractivity contribution in [2.24, 2.45) is 0 Å². The summed E-state index contributed by atoms with van der Waals surface area (Å²) < 4.78 is 5.89. The molecule has 0 bridgehead atoms. The zero-order valence-corrected chi connectivity index (χ0v) is 15.2. The average molecular weight is 351 g/mol. The average Bonchev–Trinajstić information content (AvgIpc) is 3.33. The molecular weight excluding hydrogens is 326 g/mol. The Bertz CT molecular complexity index is 800. The van der Waals surface area contributed by atoms with Gasteiger partial charge in [-0.2, -0.15) is 0 Å². The van der Waals surface area contributed by atoms with E-state index in [1.807, 2.05) is 18.2 Å². The molecule has 1 unspecified atom stereocenters. The second-order valence-electron chi connectivity index (χ2n) is 7.10. The van der Waals surface area contributed by atoms with Crippen LogP contribution in [0.1, 0.15) is 37.3 Å². The van der Waals surface area contributed by atoms with Gasteiger partial charge in [0.15, 0.2) is 11.9 Å². The number of ether oxygens (including phenoxy) is 1. The maximum Gasteiger partial charge on any atom is 0.265 e. The molecule has 136 valence electrons. The van der Waals surface area contributed by atoms with Crippen molar-refractivity contribution in [3.05, 3.63) is 47.7 Å². The third-order valence-corrected chi connectivity index (χ3v) is 5.20. The minimum Gasteiger partial charge on any atom is -0.481 e. The summed E-state index contributed by atoms with van der Waals surface area (Å²) in [7, 11) is 0. The van der Waals surface area contributed by atoms with E-state index in [-0.39, 0.29) is 5.91 Å². The first-order valence-corrected chi connectivity index (χ1v) is 9.50. The summed E-state index contributed by atoms with van der Waals surface area (Å²) >= 11 is 0. The van der Waals surface area contributed by atoms with Gasteiger partial charge in [-0.3, -0.25) is 4.79 Å². The summed E-state index contributed by atoms with van der Waals surface area (Å²) in [6, 6.07) is 9.91. The minimum atomic E-state index is -0.568. The van der Waals surface area contributed by atoms with Crippen LogP contribution >= 0.6 is 0 Å². The van der Waals surface area contributed by atoms with Crippen molar-refractivity contribution in [3.8, 4) is 5.75 Å². The maximum atomic E-state index is 12.6. The number of fused-ring (bicyclic) bond motifs is 1. The van der Waals surface area contributed by atoms with E-state index in [0.29, 0.717) is 0 Å². The van der Waals surface area contributed by atoms with Crippen molar-refractivity contribution >= 4 is 17.4 Å². The molecule has 5 heteroatoms. The Labute approximate surface area is 154 Å². The van der Waals surface area contributed by atoms with E-state index < -0.39 is 6.10 Å². The van der Waals surface area contributed by atoms with E-state index in [1.54, 1.807) is 13.1 Å². The van der Waals surface area contributed by atoms with Crippen molar-refractivity contribution in [1.29, 1.82) is 0 Å². The van der Waals surface area contributed by atoms with Crippen molar-refractivity contribution in [2.45, 2.75) is 45.1 Å². The van der Waals surface area contributed by atoms with Gasteiger partial charge in [0.05, 0.1) is 5.69 Å². The van der Waals surface area contributed by atoms with Gasteiger partial charge in [0.2, 0.25) is 0 Å². The Morgan fingerprint density at radius 1 is 1.15 bits per heavy atom. The van der Waals surface area contributed by atoms with Crippen molar-refractivity contribution in [1.82, 2.24) is 4.98 Å². The summed E-state index contributed by atoms with van der Waals surface area (Å²) in [5, 5.41) is 2.99. The molecule has 1 atom stereocenters. The fraction of sp³-hybridized carbons (Fsp3) is 0.429. The number of nitrogens with zero attached hydrogens (tertiary/aromatic N) is 2. The van der Waals surface area contributed by atoms with Crippen LogP contribution in [0.25, 0.3) is 0 Å². The van der Waals surface area contributed by atoms with Gasteiger partial charge in [0.1, 0.15) is 5.75 Å². The number of carbonyl (C=O) groups excluding carboxylic acids is 1. The van der Waals surface area contributed by atoms with E-state index in [2.05, 4.69) is 27.3 Å². The number of amides is 1. The van der Waals surface area contributed by atoms with Gasteiger partial charge in [-0.1, -0.05) is 6.07 Å². The predicted molar refractivity (Wildman–Crippen MR) is 103 cm³/mol. The Kier molecular flexibility index (Phi) is 4.78. The second-order valence-corrected chi connectivity index (χ2v) is 7.10. The number of rotatable bonds is 5. The number of aromatic nitrogens is 1. The van der Waals surface area contributed by atoms with Gasteiger partial charge in [-0.15, -0.1) is 0 Å². The molecule has 1 N–H and O–H groups in total. The molecule has 0 radical (unpaired) electrons. The van der Waals surface area contributed by atoms with E-state index in [9.17, 15) is 4.79 Å². The second kappa shape index (κ2) is 7.36. The normalized spacial score (nSPS) is 17.0. The number of carbonyl (C=O) groups is 1. The molecule has 1 saturated heterocycles. The summed E-state index contributed by atoms with van der Waals surface area (Å²) in [4.78, 5) is 19.3. The molecule has 2 heterocycles. The van der Waals surface area contributed by atoms with Crippen molar-refractivity contribution in [3.63, 3.8) is 0 Å². The number of hydrogen-bond donors (Lipinski definition) is 1. The molecule has 1 aromatic carbocycles. The van der Waals surface area contributed by atoms with E-state index in [0.717, 1.165) is 43.2 Å². The lowest BCUT2D eigenvalue weighted by Crippen LogP contribution is -2.31. The summed E-state index contributed by atoms with van der Waals surface area (Å²) in [5.41, 5.74) is 3.50. The SMILES string of the molecule is CC(Oc1ccc2c(c1)CCC2)C(=O)Nc1cccnc1N1CCCC1. The number of hydrogen-bond acceptors (Lipinski definition) is 4. The molecule has 1 aliphatic carbocycles. The van der Waals surface area contributed by atoms with Gasteiger partial charge in [0.25, 0.3) is 5.91 Å². The smallest absolute Gasteiger partial charge is 0.265 e. The molecule has 0 spiro atoms. The standard InChI is InChI=1S/C21H25N3O2/c1-15(26-18-10-9-16-6-4-7-17(16)14-18)21(25)23-19-8-5-11-22-20(19)24-12-2-3-13-24/h5,8-11,14-15H,2-4,6-7,12-13H2,1H3,(H,23,25). The van der Waals surface area contributed by atoms with Crippen LogP contribution in [0.15, 0.2) is 36.5 Å². The molecule has 1 aromatic heterocycles. The van der Waals surface area contributed by atoms with Crippen LogP contribution in [0.2, 0.25) is 0 Å². The molecule has 5 nitrogen and oxygen atoms in total. The first-order chi connectivity index (χ1) is 12.7. The van der Waals surface area contributed by atoms with Crippen LogP contribution in [0.5, 0.6) is 5.75 Å². The highest BCUT2D eigenvalue weighted by Crippen LogP contribution is 2.28. The zero-order chi connectivity index (χ0) is 17.9. The third kappa shape index (κ3) is 3.52. The van der Waals surface area contributed by atoms with Crippen molar-refractivity contribution in [2.75, 3.05) is 23.3 Å². The summed E-state index contributed by atoms with van der Waals surface area (Å²) in [6.45, 7) is 3.76. The van der Waals surface area contributed by atoms with Gasteiger partial charge in [-0.05, 0) is 74.4 Å². The van der Waals surface area contributed by atoms with Gasteiger partial charge in [0, 0.05) is 19.3 Å². The minimum absolute atomic E-state index is 0.154. The highest BCUT2D eigenvalue weighted by atomic mass is 16.5. The molecular formula is C21H25N3O2. The Morgan fingerprint density at radius 2 is 1.96 bits per heavy atom. The maximum absolute atomic E-state index is 12.6. The number of aryl methyl sites for hydroxylation is 2. The van der Waals surface area contributed by atoms with Crippen LogP contribution in [-0.4, -0.2) is 30.1 Å². The Balaban J connectivity index is 1.43. The number of nitrogens with one attached hydrogen (secondary N) is 1. The zero-order valence-electron chi connectivity index (χ0n) is 15.2. The lowest BCUT2D eigenvalue weighted by Gasteiger charge is -2.21. The number of anilines is 2. The topological polar surface area (TPSA) is 54.5 Å². The first-order valence-electron chi connectivity index (χ1n) is 9.50. The number of benzene rings is 1. The highest BCUT2D eigenvalue weighted by molar-refractivity contribution is 5.96. The Morgan fingerprint density at radius 3 is 2.81 bits per heavy atom. The van der Waals surface area contributed by atoms with Gasteiger partial charge >= 0.3 is 0 Å². The quantitative estimate of drug-likeness (QED) is 0.895. The van der Waals surface area contributed by atoms with E-state index in [1.165, 1.54) is 30.4 Å². The lowest BCUT2D eigenvalue weighted by atomic mass is 10.1. The van der Waals surface area contributed by atoms with Gasteiger partial charge < -0.3 is 15.0 Å². The van der Waals surface area contributed by atoms with Crippen LogP contribution in [-0.2, 0) is 17.6 Å². The summed E-state index contributed by atoms with van der Waals surface area (Å²) in [6.07, 6.45) is 6.99. The molecule has 2 aromatic rings. The monoisotopic (exact) mass is 351 g/mol. The van der Waals surface area contributed by atoms with Gasteiger partial charge in [-0.25, -0.2) is 4.98 Å². The van der Waals surface area contributed by atoms with Crippen molar-refractivity contribution < 1.29 is 9.53 Å². The highest BCUT2D eigenvalue weighted by Gasteiger charge is 2.21. The lowest BCUT2D eigenvalue weighted by molar-refractivity contribution is -0.122. The first kappa shape index (κ1) is 16.9. The largest absolute Gasteiger partial charge is 0.481 e. The fourth-order valence-electron chi connectivity index (χ4n) is 3.79. The third-order valence-electron chi connectivity index (χ3n) is 5.20. The van der Waals surface area contributed by atoms with Crippen LogP contribution in [0.3, 0.4) is 0 Å². The van der Waals surface area contributed by atoms with Crippen LogP contribution < -0.4 is 15.0 Å². The molecule has 2 aliphatic rings. The molecule has 1 aliphatic heterocycles. The van der Waals surface area contributed by atoms with Crippen LogP contribution in [0, 0.1) is 0 Å². The molecule has 1 amide bonds. The Hall–Kier alpha value is -2.56. The molecule has 0 saturated carbocycles. The molecule has 26 heavy (non-hydrogen) atoms. The summed E-state index contributed by atoms with van der Waals surface area (Å²) in [5.74, 6) is 1.46. The fourth-order valence-corrected chi connectivity index (χ4v) is 3.79. The molecule has 1 fully saturated rings. The molecule has 4 rings (SSSR count). The number of pyridine rings is 1. The van der Waals surface area contributed by atoms with E-state index >= 15 is 0 Å². The van der Waals surface area contributed by atoms with Crippen LogP contribution in [0.4, 0.5) is 11.5 Å². The van der Waals surface area contributed by atoms with E-state index in [4.69, 9.17) is 4.74 Å².